The number of Topliss-reactive ketones (excluding diaryl/α,β-unsaturated/α-hetero) is 1. The molecular weight excluding hydrogens is 352 g/mol. The second-order valence-corrected chi connectivity index (χ2v) is 6.56. The summed E-state index contributed by atoms with van der Waals surface area (Å²) in [6.07, 6.45) is 1.65. The average molecular weight is 370 g/mol. The molecule has 1 aromatic heterocycles. The summed E-state index contributed by atoms with van der Waals surface area (Å²) in [7, 11) is 0. The fourth-order valence-corrected chi connectivity index (χ4v) is 3.40. The summed E-state index contributed by atoms with van der Waals surface area (Å²) in [5.41, 5.74) is 4.30. The molecule has 2 aromatic carbocycles. The van der Waals surface area contributed by atoms with Crippen molar-refractivity contribution in [2.75, 3.05) is 6.79 Å². The van der Waals surface area contributed by atoms with E-state index in [0.717, 1.165) is 28.4 Å². The standard InChI is InChI=1S/C23H18N2O3/c1-15-10-18(11-19(13-24)23(26)17-6-4-3-5-7-17)16(2)25(15)20-8-9-21-22(12-20)28-14-27-21/h3-12H,14H2,1-2H3/b19-11+. The summed E-state index contributed by atoms with van der Waals surface area (Å²) >= 11 is 0. The highest BCUT2D eigenvalue weighted by molar-refractivity contribution is 6.14. The molecular formula is C23H18N2O3. The van der Waals surface area contributed by atoms with Gasteiger partial charge in [0.25, 0.3) is 0 Å². The lowest BCUT2D eigenvalue weighted by Gasteiger charge is -2.10. The van der Waals surface area contributed by atoms with Gasteiger partial charge in [-0.3, -0.25) is 4.79 Å². The molecule has 5 nitrogen and oxygen atoms in total. The molecule has 1 aliphatic heterocycles. The van der Waals surface area contributed by atoms with Crippen LogP contribution < -0.4 is 9.47 Å². The number of carbonyl (C=O) groups excluding carboxylic acids is 1. The molecule has 1 aliphatic rings. The number of nitrogens with zero attached hydrogens (tertiary/aromatic N) is 2. The van der Waals surface area contributed by atoms with Gasteiger partial charge in [-0.15, -0.1) is 0 Å². The van der Waals surface area contributed by atoms with Crippen LogP contribution in [0.4, 0.5) is 0 Å². The highest BCUT2D eigenvalue weighted by Crippen LogP contribution is 2.35. The van der Waals surface area contributed by atoms with Crippen LogP contribution in [-0.2, 0) is 0 Å². The third-order valence-corrected chi connectivity index (χ3v) is 4.79. The van der Waals surface area contributed by atoms with Crippen LogP contribution in [0.1, 0.15) is 27.3 Å². The van der Waals surface area contributed by atoms with Crippen molar-refractivity contribution in [3.8, 4) is 23.3 Å². The van der Waals surface area contributed by atoms with Crippen molar-refractivity contribution >= 4 is 11.9 Å². The van der Waals surface area contributed by atoms with Gasteiger partial charge in [0.1, 0.15) is 11.6 Å². The van der Waals surface area contributed by atoms with E-state index in [9.17, 15) is 10.1 Å². The van der Waals surface area contributed by atoms with E-state index < -0.39 is 0 Å². The van der Waals surface area contributed by atoms with E-state index in [1.165, 1.54) is 0 Å². The minimum absolute atomic E-state index is 0.108. The molecule has 0 aliphatic carbocycles. The molecule has 5 heteroatoms. The molecule has 0 bridgehead atoms. The lowest BCUT2D eigenvalue weighted by Crippen LogP contribution is -2.02. The molecule has 3 aromatic rings. The normalized spacial score (nSPS) is 12.7. The van der Waals surface area contributed by atoms with E-state index in [0.29, 0.717) is 11.3 Å². The van der Waals surface area contributed by atoms with Gasteiger partial charge in [-0.05, 0) is 43.7 Å². The first kappa shape index (κ1) is 17.6. The Hall–Kier alpha value is -3.78. The van der Waals surface area contributed by atoms with Crippen molar-refractivity contribution in [2.24, 2.45) is 0 Å². The molecule has 0 unspecified atom stereocenters. The van der Waals surface area contributed by atoms with Crippen LogP contribution in [0.5, 0.6) is 11.5 Å². The maximum absolute atomic E-state index is 12.7. The third-order valence-electron chi connectivity index (χ3n) is 4.79. The number of ether oxygens (including phenoxy) is 2. The average Bonchev–Trinajstić information content (AvgIpc) is 3.29. The van der Waals surface area contributed by atoms with E-state index in [1.54, 1.807) is 30.3 Å². The first-order chi connectivity index (χ1) is 13.6. The summed E-state index contributed by atoms with van der Waals surface area (Å²) < 4.78 is 12.9. The molecule has 0 saturated heterocycles. The quantitative estimate of drug-likeness (QED) is 0.382. The van der Waals surface area contributed by atoms with E-state index in [1.807, 2.05) is 50.2 Å². The van der Waals surface area contributed by atoms with Gasteiger partial charge in [0.15, 0.2) is 11.5 Å². The van der Waals surface area contributed by atoms with E-state index in [2.05, 4.69) is 4.57 Å². The number of carbonyl (C=O) groups is 1. The lowest BCUT2D eigenvalue weighted by molar-refractivity contribution is 0.104. The number of hydrogen-bond acceptors (Lipinski definition) is 4. The van der Waals surface area contributed by atoms with Crippen LogP contribution in [0, 0.1) is 25.2 Å². The zero-order chi connectivity index (χ0) is 19.7. The molecule has 0 spiro atoms. The Balaban J connectivity index is 1.74. The number of hydrogen-bond donors (Lipinski definition) is 0. The van der Waals surface area contributed by atoms with Crippen LogP contribution in [0.25, 0.3) is 11.8 Å². The van der Waals surface area contributed by atoms with Gasteiger partial charge in [-0.1, -0.05) is 30.3 Å². The number of benzene rings is 2. The highest BCUT2D eigenvalue weighted by atomic mass is 16.7. The fraction of sp³-hybridized carbons (Fsp3) is 0.130. The van der Waals surface area contributed by atoms with Crippen LogP contribution in [0.15, 0.2) is 60.2 Å². The summed E-state index contributed by atoms with van der Waals surface area (Å²) in [6, 6.07) is 18.6. The van der Waals surface area contributed by atoms with Crippen molar-refractivity contribution < 1.29 is 14.3 Å². The zero-order valence-electron chi connectivity index (χ0n) is 15.6. The molecule has 0 radical (unpaired) electrons. The van der Waals surface area contributed by atoms with Gasteiger partial charge < -0.3 is 14.0 Å². The minimum Gasteiger partial charge on any atom is -0.454 e. The maximum atomic E-state index is 12.7. The number of aromatic nitrogens is 1. The Labute approximate surface area is 163 Å². The number of nitriles is 1. The number of aryl methyl sites for hydroxylation is 1. The minimum atomic E-state index is -0.281. The molecule has 0 atom stereocenters. The summed E-state index contributed by atoms with van der Waals surface area (Å²) in [6.45, 7) is 4.18. The van der Waals surface area contributed by atoms with Gasteiger partial charge in [0.2, 0.25) is 12.6 Å². The smallest absolute Gasteiger partial charge is 0.231 e. The lowest BCUT2D eigenvalue weighted by atomic mass is 10.0. The van der Waals surface area contributed by atoms with Crippen LogP contribution in [-0.4, -0.2) is 17.1 Å². The largest absolute Gasteiger partial charge is 0.454 e. The molecule has 2 heterocycles. The predicted molar refractivity (Wildman–Crippen MR) is 106 cm³/mol. The fourth-order valence-electron chi connectivity index (χ4n) is 3.40. The molecule has 0 N–H and O–H groups in total. The summed E-state index contributed by atoms with van der Waals surface area (Å²) in [5, 5.41) is 9.53. The molecule has 4 rings (SSSR count). The van der Waals surface area contributed by atoms with Crippen LogP contribution >= 0.6 is 0 Å². The first-order valence-electron chi connectivity index (χ1n) is 8.89. The maximum Gasteiger partial charge on any atom is 0.231 e. The van der Waals surface area contributed by atoms with Crippen LogP contribution in [0.3, 0.4) is 0 Å². The van der Waals surface area contributed by atoms with Crippen molar-refractivity contribution in [1.82, 2.24) is 4.57 Å². The second-order valence-electron chi connectivity index (χ2n) is 6.56. The Bertz CT molecular complexity index is 1130. The van der Waals surface area contributed by atoms with E-state index >= 15 is 0 Å². The number of fused-ring (bicyclic) bond motifs is 1. The van der Waals surface area contributed by atoms with Crippen molar-refractivity contribution in [1.29, 1.82) is 5.26 Å². The molecule has 0 saturated carbocycles. The van der Waals surface area contributed by atoms with Crippen molar-refractivity contribution in [3.05, 3.63) is 82.7 Å². The van der Waals surface area contributed by atoms with Gasteiger partial charge in [-0.2, -0.15) is 5.26 Å². The topological polar surface area (TPSA) is 64.2 Å². The van der Waals surface area contributed by atoms with Crippen molar-refractivity contribution in [2.45, 2.75) is 13.8 Å². The molecule has 0 amide bonds. The Kier molecular flexibility index (Phi) is 4.46. The molecule has 0 fully saturated rings. The summed E-state index contributed by atoms with van der Waals surface area (Å²) in [4.78, 5) is 12.7. The SMILES string of the molecule is Cc1cc(/C=C(\C#N)C(=O)c2ccccc2)c(C)n1-c1ccc2c(c1)OCO2. The number of rotatable bonds is 4. The zero-order valence-corrected chi connectivity index (χ0v) is 15.6. The van der Waals surface area contributed by atoms with Crippen molar-refractivity contribution in [3.63, 3.8) is 0 Å². The number of ketones is 1. The van der Waals surface area contributed by atoms with Gasteiger partial charge >= 0.3 is 0 Å². The van der Waals surface area contributed by atoms with E-state index in [4.69, 9.17) is 9.47 Å². The monoisotopic (exact) mass is 370 g/mol. The van der Waals surface area contributed by atoms with Gasteiger partial charge in [0.05, 0.1) is 0 Å². The number of allylic oxidation sites excluding steroid dienone is 1. The Morgan fingerprint density at radius 3 is 2.57 bits per heavy atom. The van der Waals surface area contributed by atoms with Gasteiger partial charge in [0, 0.05) is 28.7 Å². The highest BCUT2D eigenvalue weighted by Gasteiger charge is 2.18. The first-order valence-corrected chi connectivity index (χ1v) is 8.89. The molecule has 28 heavy (non-hydrogen) atoms. The van der Waals surface area contributed by atoms with Gasteiger partial charge in [-0.25, -0.2) is 0 Å². The molecule has 138 valence electrons. The Morgan fingerprint density at radius 1 is 1.07 bits per heavy atom. The van der Waals surface area contributed by atoms with E-state index in [-0.39, 0.29) is 18.1 Å². The Morgan fingerprint density at radius 2 is 1.82 bits per heavy atom. The third kappa shape index (κ3) is 3.06. The summed E-state index contributed by atoms with van der Waals surface area (Å²) in [5.74, 6) is 1.15. The van der Waals surface area contributed by atoms with Crippen LogP contribution in [0.2, 0.25) is 0 Å². The second kappa shape index (κ2) is 7.09. The predicted octanol–water partition coefficient (Wildman–Crippen LogP) is 4.61.